The molecular formula is C19H41Al. The fraction of sp³-hybridized carbons (Fsp3) is 1.00. The molecule has 0 N–H and O–H groups in total. The topological polar surface area (TPSA) is 0 Å². The fourth-order valence-corrected chi connectivity index (χ4v) is 7.94. The van der Waals surface area contributed by atoms with Crippen LogP contribution >= 0.6 is 0 Å². The van der Waals surface area contributed by atoms with Gasteiger partial charge in [0.2, 0.25) is 0 Å². The van der Waals surface area contributed by atoms with Gasteiger partial charge in [-0.2, -0.15) is 0 Å². The lowest BCUT2D eigenvalue weighted by Crippen LogP contribution is -2.21. The van der Waals surface area contributed by atoms with Crippen LogP contribution in [0.5, 0.6) is 0 Å². The van der Waals surface area contributed by atoms with Crippen LogP contribution in [0.25, 0.3) is 0 Å². The van der Waals surface area contributed by atoms with Crippen molar-refractivity contribution >= 4 is 14.1 Å². The van der Waals surface area contributed by atoms with Gasteiger partial charge in [0.1, 0.15) is 0 Å². The molecule has 0 aliphatic heterocycles. The Morgan fingerprint density at radius 1 is 0.550 bits per heavy atom. The molecule has 0 aromatic carbocycles. The van der Waals surface area contributed by atoms with Gasteiger partial charge in [0.15, 0.2) is 0 Å². The maximum atomic E-state index is 2.40. The summed E-state index contributed by atoms with van der Waals surface area (Å²) in [4.78, 5) is 0. The molecule has 0 saturated carbocycles. The first-order valence-electron chi connectivity index (χ1n) is 9.79. The minimum absolute atomic E-state index is 0.472. The van der Waals surface area contributed by atoms with Gasteiger partial charge in [0, 0.05) is 0 Å². The molecule has 20 heavy (non-hydrogen) atoms. The van der Waals surface area contributed by atoms with Gasteiger partial charge in [-0.15, -0.1) is 0 Å². The molecule has 0 bridgehead atoms. The van der Waals surface area contributed by atoms with Gasteiger partial charge < -0.3 is 0 Å². The monoisotopic (exact) mass is 296 g/mol. The molecule has 0 heterocycles. The Morgan fingerprint density at radius 3 is 1.50 bits per heavy atom. The zero-order chi connectivity index (χ0) is 15.1. The van der Waals surface area contributed by atoms with Crippen molar-refractivity contribution in [2.45, 2.75) is 120 Å². The van der Waals surface area contributed by atoms with E-state index in [4.69, 9.17) is 0 Å². The lowest BCUT2D eigenvalue weighted by Gasteiger charge is -2.23. The van der Waals surface area contributed by atoms with Crippen LogP contribution in [0.2, 0.25) is 15.3 Å². The second-order valence-corrected chi connectivity index (χ2v) is 10.4. The number of unbranched alkanes of at least 4 members (excludes halogenated alkanes) is 6. The van der Waals surface area contributed by atoms with E-state index in [9.17, 15) is 0 Å². The summed E-state index contributed by atoms with van der Waals surface area (Å²) in [6.45, 7) is 9.43. The Kier molecular flexibility index (Phi) is 16.3. The Hall–Kier alpha value is 0.532. The van der Waals surface area contributed by atoms with Crippen molar-refractivity contribution in [1.82, 2.24) is 0 Å². The average molecular weight is 297 g/mol. The third kappa shape index (κ3) is 11.2. The molecule has 0 aromatic rings. The van der Waals surface area contributed by atoms with Crippen molar-refractivity contribution in [3.05, 3.63) is 0 Å². The van der Waals surface area contributed by atoms with E-state index in [1.807, 2.05) is 0 Å². The highest BCUT2D eigenvalue weighted by atomic mass is 27.2. The van der Waals surface area contributed by atoms with Crippen LogP contribution in [0.4, 0.5) is 0 Å². The quantitative estimate of drug-likeness (QED) is 0.215. The van der Waals surface area contributed by atoms with Crippen molar-refractivity contribution < 1.29 is 0 Å². The molecule has 0 saturated heterocycles. The zero-order valence-corrected chi connectivity index (χ0v) is 16.2. The molecule has 0 fully saturated rings. The lowest BCUT2D eigenvalue weighted by atomic mass is 10.1. The van der Waals surface area contributed by atoms with E-state index in [1.54, 1.807) is 23.4 Å². The van der Waals surface area contributed by atoms with E-state index in [0.29, 0.717) is 0 Å². The van der Waals surface area contributed by atoms with E-state index in [1.165, 1.54) is 69.0 Å². The summed E-state index contributed by atoms with van der Waals surface area (Å²) in [7, 11) is 0. The van der Waals surface area contributed by atoms with Crippen molar-refractivity contribution in [3.63, 3.8) is 0 Å². The van der Waals surface area contributed by atoms with E-state index in [0.717, 1.165) is 0 Å². The molecule has 1 atom stereocenters. The van der Waals surface area contributed by atoms with E-state index >= 15 is 0 Å². The second-order valence-electron chi connectivity index (χ2n) is 6.80. The average Bonchev–Trinajstić information content (AvgIpc) is 2.45. The van der Waals surface area contributed by atoms with Crippen molar-refractivity contribution in [2.24, 2.45) is 0 Å². The number of hydrogen-bond donors (Lipinski definition) is 0. The highest BCUT2D eigenvalue weighted by Gasteiger charge is 2.25. The third-order valence-electron chi connectivity index (χ3n) is 4.86. The summed E-state index contributed by atoms with van der Waals surface area (Å²) in [5.74, 6) is 0. The number of rotatable bonds is 15. The van der Waals surface area contributed by atoms with Gasteiger partial charge in [0.05, 0.1) is 0 Å². The first-order valence-corrected chi connectivity index (χ1v) is 12.1. The molecule has 0 rings (SSSR count). The molecule has 1 unspecified atom stereocenters. The smallest absolute Gasteiger partial charge is 0.0937 e. The summed E-state index contributed by atoms with van der Waals surface area (Å²) >= 11 is -0.472. The summed E-state index contributed by atoms with van der Waals surface area (Å²) in [5.41, 5.74) is 0. The molecule has 1 heteroatoms. The first-order chi connectivity index (χ1) is 9.79. The summed E-state index contributed by atoms with van der Waals surface area (Å²) in [6.07, 6.45) is 17.7. The maximum absolute atomic E-state index is 2.40. The van der Waals surface area contributed by atoms with Crippen LogP contribution in [0.1, 0.15) is 105 Å². The van der Waals surface area contributed by atoms with Gasteiger partial charge in [-0.3, -0.25) is 0 Å². The van der Waals surface area contributed by atoms with Crippen LogP contribution in [-0.2, 0) is 0 Å². The lowest BCUT2D eigenvalue weighted by molar-refractivity contribution is 0.583. The molecular weight excluding hydrogens is 255 g/mol. The molecule has 0 nitrogen and oxygen atoms in total. The normalized spacial score (nSPS) is 12.6. The number of hydrogen-bond acceptors (Lipinski definition) is 0. The highest BCUT2D eigenvalue weighted by molar-refractivity contribution is 6.60. The van der Waals surface area contributed by atoms with E-state index in [-0.39, 0.29) is 0 Å². The summed E-state index contributed by atoms with van der Waals surface area (Å²) in [5, 5.41) is 3.29. The predicted octanol–water partition coefficient (Wildman–Crippen LogP) is 7.61. The highest BCUT2D eigenvalue weighted by Crippen LogP contribution is 2.31. The van der Waals surface area contributed by atoms with Crippen LogP contribution in [0.3, 0.4) is 0 Å². The van der Waals surface area contributed by atoms with Gasteiger partial charge in [-0.1, -0.05) is 120 Å². The maximum Gasteiger partial charge on any atom is 0.265 e. The Balaban J connectivity index is 4.27. The molecule has 0 amide bonds. The van der Waals surface area contributed by atoms with Crippen LogP contribution in [0.15, 0.2) is 0 Å². The van der Waals surface area contributed by atoms with E-state index in [2.05, 4.69) is 27.7 Å². The summed E-state index contributed by atoms with van der Waals surface area (Å²) in [6, 6.07) is 0. The molecule has 0 aromatic heterocycles. The molecule has 0 aliphatic carbocycles. The molecule has 0 radical (unpaired) electrons. The van der Waals surface area contributed by atoms with Crippen molar-refractivity contribution in [1.29, 1.82) is 0 Å². The first kappa shape index (κ1) is 20.5. The van der Waals surface area contributed by atoms with Crippen LogP contribution < -0.4 is 0 Å². The van der Waals surface area contributed by atoms with Gasteiger partial charge in [-0.25, -0.2) is 0 Å². The van der Waals surface area contributed by atoms with Gasteiger partial charge in [0.25, 0.3) is 14.1 Å². The predicted molar refractivity (Wildman–Crippen MR) is 97.2 cm³/mol. The molecule has 0 aliphatic rings. The second kappa shape index (κ2) is 15.9. The van der Waals surface area contributed by atoms with Crippen molar-refractivity contribution in [3.8, 4) is 0 Å². The van der Waals surface area contributed by atoms with Gasteiger partial charge in [-0.05, 0) is 0 Å². The van der Waals surface area contributed by atoms with E-state index < -0.39 is 14.1 Å². The van der Waals surface area contributed by atoms with Crippen LogP contribution in [0, 0.1) is 0 Å². The SMILES string of the molecule is CCCCC[CH](CCC)[Al]([CH2]CCCC)[CH2]CCCC. The zero-order valence-electron chi connectivity index (χ0n) is 15.1. The van der Waals surface area contributed by atoms with Gasteiger partial charge >= 0.3 is 0 Å². The van der Waals surface area contributed by atoms with Crippen LogP contribution in [-0.4, -0.2) is 14.1 Å². The molecule has 0 spiro atoms. The van der Waals surface area contributed by atoms with Crippen molar-refractivity contribution in [2.75, 3.05) is 0 Å². The Labute approximate surface area is 134 Å². The molecule has 120 valence electrons. The largest absolute Gasteiger partial charge is 0.265 e. The fourth-order valence-electron chi connectivity index (χ4n) is 3.57. The third-order valence-corrected chi connectivity index (χ3v) is 9.16. The standard InChI is InChI=1S/C9H19.2C5H11.Al/c1-3-5-7-9-8-6-4-2;2*1-3-5-4-2;/h7H,3-6,8-9H2,1-2H3;2*1,3-5H2,2H3;. The summed E-state index contributed by atoms with van der Waals surface area (Å²) < 4.78 is 1.17. The Morgan fingerprint density at radius 2 is 1.05 bits per heavy atom. The Bertz CT molecular complexity index is 169. The minimum atomic E-state index is -0.472. The minimum Gasteiger partial charge on any atom is -0.0937 e.